The van der Waals surface area contributed by atoms with E-state index in [1.165, 1.54) is 31.4 Å². The van der Waals surface area contributed by atoms with Crippen molar-refractivity contribution >= 4 is 209 Å². The van der Waals surface area contributed by atoms with E-state index in [9.17, 15) is 27.4 Å². The minimum Gasteiger partial charge on any atom is -0.744 e. The largest absolute Gasteiger partial charge is 0.744 e. The highest BCUT2D eigenvalue weighted by Crippen LogP contribution is 2.41. The van der Waals surface area contributed by atoms with Gasteiger partial charge in [-0.3, -0.25) is 0 Å². The lowest BCUT2D eigenvalue weighted by atomic mass is 10.1. The van der Waals surface area contributed by atoms with Crippen molar-refractivity contribution < 1.29 is 46.3 Å². The first-order chi connectivity index (χ1) is 21.9. The summed E-state index contributed by atoms with van der Waals surface area (Å²) >= 11 is 15.7. The molecule has 0 heterocycles. The van der Waals surface area contributed by atoms with Gasteiger partial charge in [0.25, 0.3) is 0 Å². The first kappa shape index (κ1) is 40.6. The van der Waals surface area contributed by atoms with E-state index < -0.39 is 32.9 Å². The SMILES string of the molecule is COc1c(OC(=O)c2c(I)cc(I)cc2I)cc(C(=O)Oc2cc(I)c(S(=O)(=O)[O-])c(I)c2)cc1OC(=O)c1c(I)cc(I)cc1I. The third-order valence-electron chi connectivity index (χ3n) is 5.72. The normalized spacial score (nSPS) is 11.2. The standard InChI is InChI=1S/C28H12I8O10S/c1-43-24-20(45-27(38)22-14(31)4-11(29)5-15(22)32)2-10(3-21(24)46-28(39)23-16(33)6-12(30)7-17(23)34)26(37)44-13-8-18(35)25(19(36)9-13)47(40,41)42/h2-9H,1H3,(H,40,41,42)/p-1. The fraction of sp³-hybridized carbons (Fsp3) is 0.0357. The molecule has 47 heavy (non-hydrogen) atoms. The van der Waals surface area contributed by atoms with Crippen LogP contribution in [0.2, 0.25) is 0 Å². The molecule has 0 amide bonds. The average molecular weight is 1550 g/mol. The Morgan fingerprint density at radius 1 is 0.574 bits per heavy atom. The van der Waals surface area contributed by atoms with Crippen molar-refractivity contribution in [2.45, 2.75) is 4.90 Å². The molecule has 0 aliphatic carbocycles. The van der Waals surface area contributed by atoms with Crippen molar-refractivity contribution in [3.8, 4) is 23.0 Å². The summed E-state index contributed by atoms with van der Waals surface area (Å²) in [5.41, 5.74) is 0.363. The molecular weight excluding hydrogens is 1540 g/mol. The number of hydrogen-bond donors (Lipinski definition) is 0. The Hall–Kier alpha value is 0.840. The van der Waals surface area contributed by atoms with Crippen LogP contribution < -0.4 is 18.9 Å². The lowest BCUT2D eigenvalue weighted by molar-refractivity contribution is 0.0697. The Bertz CT molecular complexity index is 1920. The van der Waals surface area contributed by atoms with Gasteiger partial charge >= 0.3 is 17.9 Å². The molecule has 4 aromatic rings. The lowest BCUT2D eigenvalue weighted by Crippen LogP contribution is -2.17. The maximum absolute atomic E-state index is 13.5. The van der Waals surface area contributed by atoms with Crippen LogP contribution in [0.5, 0.6) is 23.0 Å². The summed E-state index contributed by atoms with van der Waals surface area (Å²) in [6, 6.07) is 12.0. The maximum Gasteiger partial charge on any atom is 0.345 e. The van der Waals surface area contributed by atoms with Gasteiger partial charge in [0.1, 0.15) is 15.9 Å². The molecular formula is C28H11I8O10S-. The molecule has 0 bridgehead atoms. The average Bonchev–Trinajstić information content (AvgIpc) is 2.90. The Balaban J connectivity index is 1.82. The molecule has 0 saturated heterocycles. The summed E-state index contributed by atoms with van der Waals surface area (Å²) < 4.78 is 62.1. The zero-order chi connectivity index (χ0) is 35.0. The molecule has 0 unspecified atom stereocenters. The van der Waals surface area contributed by atoms with Crippen LogP contribution in [0.15, 0.2) is 53.4 Å². The van der Waals surface area contributed by atoms with Gasteiger partial charge in [0.05, 0.1) is 28.7 Å². The molecule has 0 saturated carbocycles. The second-order valence-corrected chi connectivity index (χ2v) is 19.6. The molecule has 0 atom stereocenters. The zero-order valence-electron chi connectivity index (χ0n) is 22.6. The molecule has 246 valence electrons. The van der Waals surface area contributed by atoms with E-state index in [1.807, 2.05) is 90.4 Å². The van der Waals surface area contributed by atoms with Crippen LogP contribution in [0.1, 0.15) is 31.1 Å². The van der Waals surface area contributed by atoms with Crippen LogP contribution in [0.4, 0.5) is 0 Å². The Morgan fingerprint density at radius 3 is 1.30 bits per heavy atom. The van der Waals surface area contributed by atoms with E-state index in [0.29, 0.717) is 14.3 Å². The number of ether oxygens (including phenoxy) is 4. The summed E-state index contributed by atoms with van der Waals surface area (Å²) in [5, 5.41) is 0. The van der Waals surface area contributed by atoms with Crippen LogP contribution in [0.3, 0.4) is 0 Å². The zero-order valence-corrected chi connectivity index (χ0v) is 40.7. The molecule has 0 spiro atoms. The molecule has 10 nitrogen and oxygen atoms in total. The third kappa shape index (κ3) is 10.0. The lowest BCUT2D eigenvalue weighted by Gasteiger charge is -2.17. The Morgan fingerprint density at radius 2 is 0.957 bits per heavy atom. The minimum absolute atomic E-state index is 0.0507. The second kappa shape index (κ2) is 17.1. The number of hydrogen-bond acceptors (Lipinski definition) is 10. The highest BCUT2D eigenvalue weighted by atomic mass is 127. The van der Waals surface area contributed by atoms with E-state index in [-0.39, 0.29) is 46.8 Å². The van der Waals surface area contributed by atoms with Crippen LogP contribution in [0.25, 0.3) is 0 Å². The van der Waals surface area contributed by atoms with Gasteiger partial charge in [0, 0.05) is 28.6 Å². The van der Waals surface area contributed by atoms with E-state index >= 15 is 0 Å². The third-order valence-corrected chi connectivity index (χ3v) is 13.7. The van der Waals surface area contributed by atoms with Crippen molar-refractivity contribution in [2.75, 3.05) is 7.11 Å². The monoisotopic (exact) mass is 1550 g/mol. The van der Waals surface area contributed by atoms with Gasteiger partial charge in [-0.25, -0.2) is 22.8 Å². The quantitative estimate of drug-likeness (QED) is 0.0725. The fourth-order valence-electron chi connectivity index (χ4n) is 3.82. The number of esters is 3. The van der Waals surface area contributed by atoms with Gasteiger partial charge in [0.2, 0.25) is 5.75 Å². The van der Waals surface area contributed by atoms with Crippen molar-refractivity contribution in [1.82, 2.24) is 0 Å². The van der Waals surface area contributed by atoms with Gasteiger partial charge in [-0.2, -0.15) is 0 Å². The molecule has 0 aliphatic rings. The van der Waals surface area contributed by atoms with E-state index in [4.69, 9.17) is 18.9 Å². The minimum atomic E-state index is -4.79. The van der Waals surface area contributed by atoms with Crippen molar-refractivity contribution in [2.24, 2.45) is 0 Å². The predicted octanol–water partition coefficient (Wildman–Crippen LogP) is 9.09. The number of rotatable bonds is 8. The molecule has 0 aliphatic heterocycles. The van der Waals surface area contributed by atoms with E-state index in [0.717, 1.165) is 7.14 Å². The molecule has 4 aromatic carbocycles. The van der Waals surface area contributed by atoms with Crippen LogP contribution in [-0.4, -0.2) is 38.0 Å². The summed E-state index contributed by atoms with van der Waals surface area (Å²) in [6.07, 6.45) is 0. The summed E-state index contributed by atoms with van der Waals surface area (Å²) in [4.78, 5) is 40.0. The van der Waals surface area contributed by atoms with E-state index in [2.05, 4.69) is 45.2 Å². The number of benzene rings is 4. The molecule has 0 N–H and O–H groups in total. The van der Waals surface area contributed by atoms with Crippen molar-refractivity contribution in [3.05, 3.63) is 93.8 Å². The first-order valence-corrected chi connectivity index (χ1v) is 22.1. The van der Waals surface area contributed by atoms with Crippen molar-refractivity contribution in [3.63, 3.8) is 0 Å². The second-order valence-electron chi connectivity index (χ2n) is 8.83. The van der Waals surface area contributed by atoms with Gasteiger partial charge in [0.15, 0.2) is 11.5 Å². The molecule has 19 heteroatoms. The number of methoxy groups -OCH3 is 1. The topological polar surface area (TPSA) is 145 Å². The fourth-order valence-corrected chi connectivity index (χ4v) is 15.8. The number of carbonyl (C=O) groups excluding carboxylic acids is 3. The van der Waals surface area contributed by atoms with Gasteiger partial charge in [-0.15, -0.1) is 0 Å². The Labute approximate surface area is 377 Å². The van der Waals surface area contributed by atoms with E-state index in [1.54, 1.807) is 69.4 Å². The van der Waals surface area contributed by atoms with Crippen LogP contribution >= 0.6 is 181 Å². The molecule has 4 rings (SSSR count). The first-order valence-electron chi connectivity index (χ1n) is 12.0. The van der Waals surface area contributed by atoms with Gasteiger partial charge in [-0.05, 0) is 229 Å². The van der Waals surface area contributed by atoms with Crippen LogP contribution in [-0.2, 0) is 10.1 Å². The number of halogens is 8. The smallest absolute Gasteiger partial charge is 0.345 e. The van der Waals surface area contributed by atoms with Crippen molar-refractivity contribution in [1.29, 1.82) is 0 Å². The number of carbonyl (C=O) groups is 3. The highest BCUT2D eigenvalue weighted by molar-refractivity contribution is 14.1. The Kier molecular flexibility index (Phi) is 14.8. The summed E-state index contributed by atoms with van der Waals surface area (Å²) in [6.45, 7) is 0. The van der Waals surface area contributed by atoms with Crippen LogP contribution in [0, 0.1) is 28.6 Å². The summed E-state index contributed by atoms with van der Waals surface area (Å²) in [7, 11) is -3.50. The summed E-state index contributed by atoms with van der Waals surface area (Å²) in [5.74, 6) is -3.14. The maximum atomic E-state index is 13.5. The predicted molar refractivity (Wildman–Crippen MR) is 237 cm³/mol. The molecule has 0 aromatic heterocycles. The van der Waals surface area contributed by atoms with Gasteiger partial charge < -0.3 is 23.5 Å². The molecule has 0 radical (unpaired) electrons. The van der Waals surface area contributed by atoms with Gasteiger partial charge in [-0.1, -0.05) is 0 Å². The highest BCUT2D eigenvalue weighted by Gasteiger charge is 2.27. The molecule has 0 fully saturated rings.